The van der Waals surface area contributed by atoms with Crippen LogP contribution in [0.15, 0.2) is 72.3 Å². The number of benzene rings is 2. The quantitative estimate of drug-likeness (QED) is 0.444. The Hall–Kier alpha value is -3.60. The molecular weight excluding hydrogens is 596 g/mol. The number of hydrogen-bond donors (Lipinski definition) is 2. The van der Waals surface area contributed by atoms with Gasteiger partial charge in [-0.05, 0) is 91.8 Å². The third-order valence-corrected chi connectivity index (χ3v) is 11.9. The molecule has 1 heterocycles. The number of halogens is 2. The Bertz CT molecular complexity index is 1610. The van der Waals surface area contributed by atoms with E-state index in [0.717, 1.165) is 11.3 Å². The van der Waals surface area contributed by atoms with E-state index in [2.05, 4.69) is 0 Å². The van der Waals surface area contributed by atoms with E-state index in [1.54, 1.807) is 19.1 Å². The van der Waals surface area contributed by atoms with Crippen molar-refractivity contribution in [2.75, 3.05) is 25.3 Å². The molecular formula is C36H39F2NO7. The maximum absolute atomic E-state index is 17.6. The van der Waals surface area contributed by atoms with Gasteiger partial charge < -0.3 is 19.7 Å². The van der Waals surface area contributed by atoms with Gasteiger partial charge in [-0.3, -0.25) is 19.5 Å². The van der Waals surface area contributed by atoms with Gasteiger partial charge in [-0.25, -0.2) is 8.78 Å². The standard InChI is InChI=1S/C36H39F2NO7/c1-33-13-12-24(41)15-29(33)30(37)16-28-27-14-22-18-39(46-36(22,32(43)19-40)34(27,2)17-31(42)35(28,33)38)23-6-4-21(5-7-23)20-45-26-10-8-25(44-3)9-11-26/h4-13,15,22,27-28,30-31,40,42H,14,16-20H2,1-3H3/t22-,27-,28-,30-,31-,33-,34-,35-,36-/m0/s1. The summed E-state index contributed by atoms with van der Waals surface area (Å²) in [6, 6.07) is 14.8. The summed E-state index contributed by atoms with van der Waals surface area (Å²) in [4.78, 5) is 32.5. The maximum Gasteiger partial charge on any atom is 0.193 e. The summed E-state index contributed by atoms with van der Waals surface area (Å²) in [5, 5.41) is 23.6. The van der Waals surface area contributed by atoms with E-state index in [-0.39, 0.29) is 18.4 Å². The SMILES string of the molecule is COc1ccc(OCc2ccc(N3C[C@@H]4C[C@H]5[C@@H]6C[C@H](F)C7=CC(=O)C=C[C@]7(C)[C@@]6(F)[C@@H](O)C[C@]5(C)[C@]4(C(=O)CO)O3)cc2)cc1. The molecule has 5 aliphatic rings. The van der Waals surface area contributed by atoms with Gasteiger partial charge in [0.25, 0.3) is 0 Å². The number of hydroxylamine groups is 1. The fourth-order valence-corrected chi connectivity index (χ4v) is 9.62. The molecule has 7 rings (SSSR count). The molecule has 0 aromatic heterocycles. The van der Waals surface area contributed by atoms with Crippen molar-refractivity contribution in [3.63, 3.8) is 0 Å². The van der Waals surface area contributed by atoms with Crippen LogP contribution in [0, 0.1) is 28.6 Å². The second-order valence-corrected chi connectivity index (χ2v) is 13.9. The van der Waals surface area contributed by atoms with Crippen LogP contribution in [0.2, 0.25) is 0 Å². The molecule has 3 saturated carbocycles. The number of alkyl halides is 2. The summed E-state index contributed by atoms with van der Waals surface area (Å²) in [7, 11) is 1.60. The maximum atomic E-state index is 17.6. The molecule has 2 N–H and O–H groups in total. The summed E-state index contributed by atoms with van der Waals surface area (Å²) < 4.78 is 44.5. The van der Waals surface area contributed by atoms with Crippen molar-refractivity contribution in [1.82, 2.24) is 0 Å². The number of fused-ring (bicyclic) bond motifs is 7. The van der Waals surface area contributed by atoms with Gasteiger partial charge in [0.05, 0.1) is 25.4 Å². The lowest BCUT2D eigenvalue weighted by atomic mass is 9.44. The molecule has 8 nitrogen and oxygen atoms in total. The number of nitrogens with zero attached hydrogens (tertiary/aromatic N) is 1. The highest BCUT2D eigenvalue weighted by atomic mass is 19.1. The van der Waals surface area contributed by atoms with E-state index in [4.69, 9.17) is 14.3 Å². The molecule has 1 saturated heterocycles. The second-order valence-electron chi connectivity index (χ2n) is 13.9. The fourth-order valence-electron chi connectivity index (χ4n) is 9.62. The van der Waals surface area contributed by atoms with Gasteiger partial charge in [-0.2, -0.15) is 0 Å². The summed E-state index contributed by atoms with van der Waals surface area (Å²) in [6.45, 7) is 3.23. The number of carbonyl (C=O) groups is 2. The van der Waals surface area contributed by atoms with Crippen LogP contribution < -0.4 is 14.5 Å². The van der Waals surface area contributed by atoms with Crippen LogP contribution in [-0.4, -0.2) is 65.6 Å². The first-order valence-corrected chi connectivity index (χ1v) is 15.8. The van der Waals surface area contributed by atoms with Crippen LogP contribution in [0.1, 0.15) is 38.7 Å². The van der Waals surface area contributed by atoms with E-state index >= 15 is 8.78 Å². The molecule has 0 bridgehead atoms. The minimum atomic E-state index is -2.26. The van der Waals surface area contributed by atoms with Gasteiger partial charge in [0.1, 0.15) is 30.9 Å². The molecule has 0 amide bonds. The van der Waals surface area contributed by atoms with Crippen molar-refractivity contribution in [2.45, 2.75) is 63.3 Å². The highest BCUT2D eigenvalue weighted by molar-refractivity contribution is 6.01. The third-order valence-electron chi connectivity index (χ3n) is 11.9. The Morgan fingerprint density at radius 3 is 2.43 bits per heavy atom. The number of allylic oxidation sites excluding steroid dienone is 4. The number of Topliss-reactive ketones (excluding diaryl/α,β-unsaturated/α-hetero) is 1. The lowest BCUT2D eigenvalue weighted by molar-refractivity contribution is -0.228. The molecule has 2 aromatic rings. The average Bonchev–Trinajstić information content (AvgIpc) is 3.55. The average molecular weight is 636 g/mol. The predicted octanol–water partition coefficient (Wildman–Crippen LogP) is 4.87. The summed E-state index contributed by atoms with van der Waals surface area (Å²) in [6.07, 6.45) is 0.710. The van der Waals surface area contributed by atoms with Gasteiger partial charge >= 0.3 is 0 Å². The first-order chi connectivity index (χ1) is 21.9. The van der Waals surface area contributed by atoms with Crippen molar-refractivity contribution in [3.05, 3.63) is 77.9 Å². The number of anilines is 1. The lowest BCUT2D eigenvalue weighted by Gasteiger charge is -2.63. The zero-order chi connectivity index (χ0) is 32.6. The van der Waals surface area contributed by atoms with Crippen LogP contribution in [-0.2, 0) is 21.0 Å². The minimum Gasteiger partial charge on any atom is -0.497 e. The van der Waals surface area contributed by atoms with E-state index in [1.165, 1.54) is 18.2 Å². The summed E-state index contributed by atoms with van der Waals surface area (Å²) in [5.74, 6) is -1.37. The predicted molar refractivity (Wildman–Crippen MR) is 165 cm³/mol. The van der Waals surface area contributed by atoms with Crippen LogP contribution in [0.25, 0.3) is 0 Å². The Morgan fingerprint density at radius 2 is 1.76 bits per heavy atom. The molecule has 0 radical (unpaired) electrons. The molecule has 4 aliphatic carbocycles. The number of methoxy groups -OCH3 is 1. The van der Waals surface area contributed by atoms with Crippen molar-refractivity contribution in [2.24, 2.45) is 28.6 Å². The van der Waals surface area contributed by atoms with Crippen LogP contribution >= 0.6 is 0 Å². The van der Waals surface area contributed by atoms with E-state index in [0.29, 0.717) is 31.0 Å². The Balaban J connectivity index is 1.15. The highest BCUT2D eigenvalue weighted by Gasteiger charge is 2.79. The molecule has 9 atom stereocenters. The van der Waals surface area contributed by atoms with Gasteiger partial charge in [0.15, 0.2) is 22.8 Å². The Labute approximate surface area is 266 Å². The smallest absolute Gasteiger partial charge is 0.193 e. The minimum absolute atomic E-state index is 0.0565. The van der Waals surface area contributed by atoms with Crippen LogP contribution in [0.4, 0.5) is 14.5 Å². The van der Waals surface area contributed by atoms with Gasteiger partial charge in [-0.1, -0.05) is 25.1 Å². The molecule has 2 aromatic carbocycles. The normalized spacial score (nSPS) is 39.2. The van der Waals surface area contributed by atoms with Gasteiger partial charge in [-0.15, -0.1) is 0 Å². The third kappa shape index (κ3) is 4.12. The zero-order valence-corrected chi connectivity index (χ0v) is 26.1. The van der Waals surface area contributed by atoms with Gasteiger partial charge in [0, 0.05) is 22.7 Å². The molecule has 4 fully saturated rings. The van der Waals surface area contributed by atoms with Crippen molar-refractivity contribution < 1.29 is 42.9 Å². The van der Waals surface area contributed by atoms with E-state index < -0.39 is 70.3 Å². The number of aliphatic hydroxyl groups excluding tert-OH is 2. The summed E-state index contributed by atoms with van der Waals surface area (Å²) in [5.41, 5.74) is -4.72. The van der Waals surface area contributed by atoms with Crippen LogP contribution in [0.5, 0.6) is 11.5 Å². The van der Waals surface area contributed by atoms with E-state index in [1.807, 2.05) is 55.5 Å². The monoisotopic (exact) mass is 635 g/mol. The number of carbonyl (C=O) groups excluding carboxylic acids is 2. The Morgan fingerprint density at radius 1 is 1.07 bits per heavy atom. The molecule has 46 heavy (non-hydrogen) atoms. The van der Waals surface area contributed by atoms with Gasteiger partial charge in [0.2, 0.25) is 0 Å². The fraction of sp³-hybridized carbons (Fsp3) is 0.500. The largest absolute Gasteiger partial charge is 0.497 e. The molecule has 244 valence electrons. The van der Waals surface area contributed by atoms with Crippen molar-refractivity contribution >= 4 is 17.3 Å². The van der Waals surface area contributed by atoms with Crippen molar-refractivity contribution in [3.8, 4) is 11.5 Å². The topological polar surface area (TPSA) is 106 Å². The first kappa shape index (κ1) is 31.0. The number of hydrogen-bond acceptors (Lipinski definition) is 8. The zero-order valence-electron chi connectivity index (χ0n) is 26.1. The van der Waals surface area contributed by atoms with Crippen molar-refractivity contribution in [1.29, 1.82) is 0 Å². The lowest BCUT2D eigenvalue weighted by Crippen LogP contribution is -2.70. The summed E-state index contributed by atoms with van der Waals surface area (Å²) >= 11 is 0. The molecule has 1 aliphatic heterocycles. The molecule has 0 spiro atoms. The Kier molecular flexibility index (Phi) is 7.23. The number of aliphatic hydroxyl groups is 2. The number of rotatable bonds is 7. The highest BCUT2D eigenvalue weighted by Crippen LogP contribution is 2.72. The molecule has 10 heteroatoms. The number of ketones is 2. The first-order valence-electron chi connectivity index (χ1n) is 15.8. The van der Waals surface area contributed by atoms with E-state index in [9.17, 15) is 19.8 Å². The second kappa shape index (κ2) is 10.7. The molecule has 0 unspecified atom stereocenters. The van der Waals surface area contributed by atoms with Crippen LogP contribution in [0.3, 0.4) is 0 Å². The number of ether oxygens (including phenoxy) is 2.